The summed E-state index contributed by atoms with van der Waals surface area (Å²) in [5.74, 6) is -0.882. The van der Waals surface area contributed by atoms with E-state index in [4.69, 9.17) is 20.4 Å². The van der Waals surface area contributed by atoms with Gasteiger partial charge in [-0.25, -0.2) is 0 Å². The van der Waals surface area contributed by atoms with E-state index >= 15 is 0 Å². The number of rotatable bonds is 8. The van der Waals surface area contributed by atoms with E-state index < -0.39 is 13.4 Å². The first-order chi connectivity index (χ1) is 6.60. The summed E-state index contributed by atoms with van der Waals surface area (Å²) in [5, 5.41) is 38.0. The number of carbonyl (C=O) groups is 1. The average Bonchev–Trinajstić information content (AvgIpc) is 2.19. The van der Waals surface area contributed by atoms with Gasteiger partial charge in [0.25, 0.3) is 0 Å². The molecule has 0 unspecified atom stereocenters. The van der Waals surface area contributed by atoms with Crippen molar-refractivity contribution in [1.29, 1.82) is 0 Å². The van der Waals surface area contributed by atoms with Crippen LogP contribution < -0.4 is 5.09 Å². The van der Waals surface area contributed by atoms with Crippen LogP contribution in [0.4, 0.5) is 0 Å². The maximum atomic E-state index is 10.2. The summed E-state index contributed by atoms with van der Waals surface area (Å²) < 4.78 is 0. The van der Waals surface area contributed by atoms with Crippen molar-refractivity contribution in [2.24, 2.45) is 0 Å². The Hall–Kier alpha value is -0.260. The third kappa shape index (κ3) is 4.83. The Labute approximate surface area is 83.0 Å². The number of aliphatic carboxylic acids is 1. The van der Waals surface area contributed by atoms with Crippen molar-refractivity contribution in [2.75, 3.05) is 25.6 Å². The van der Waals surface area contributed by atoms with Gasteiger partial charge < -0.3 is 20.4 Å². The highest BCUT2D eigenvalue weighted by Gasteiger charge is 2.35. The molecule has 0 saturated heterocycles. The van der Waals surface area contributed by atoms with Gasteiger partial charge >= 0.3 is 5.97 Å². The SMILES string of the molecule is O=C(O)CCCN[P+](CO)(CO)CO. The van der Waals surface area contributed by atoms with Gasteiger partial charge in [0.05, 0.1) is 0 Å². The predicted molar refractivity (Wildman–Crippen MR) is 53.0 cm³/mol. The maximum Gasteiger partial charge on any atom is 0.303 e. The van der Waals surface area contributed by atoms with E-state index in [1.165, 1.54) is 0 Å². The highest BCUT2D eigenvalue weighted by molar-refractivity contribution is 7.73. The lowest BCUT2D eigenvalue weighted by Crippen LogP contribution is -2.25. The lowest BCUT2D eigenvalue weighted by molar-refractivity contribution is -0.137. The van der Waals surface area contributed by atoms with E-state index in [0.717, 1.165) is 0 Å². The van der Waals surface area contributed by atoms with Gasteiger partial charge in [0.1, 0.15) is 0 Å². The van der Waals surface area contributed by atoms with Crippen LogP contribution in [0.3, 0.4) is 0 Å². The molecule has 0 aliphatic heterocycles. The van der Waals surface area contributed by atoms with Crippen molar-refractivity contribution < 1.29 is 25.2 Å². The molecule has 0 aromatic carbocycles. The van der Waals surface area contributed by atoms with Gasteiger partial charge in [-0.05, 0) is 6.42 Å². The van der Waals surface area contributed by atoms with Gasteiger partial charge in [0.15, 0.2) is 26.5 Å². The number of aliphatic hydroxyl groups is 3. The molecular weight excluding hydrogens is 209 g/mol. The highest BCUT2D eigenvalue weighted by Crippen LogP contribution is 2.51. The third-order valence-electron chi connectivity index (χ3n) is 1.83. The van der Waals surface area contributed by atoms with Crippen molar-refractivity contribution >= 4 is 13.4 Å². The van der Waals surface area contributed by atoms with Crippen LogP contribution in [-0.2, 0) is 4.79 Å². The molecular formula is C7H17NO5P+. The van der Waals surface area contributed by atoms with E-state index in [-0.39, 0.29) is 25.5 Å². The predicted octanol–water partition coefficient (Wildman–Crippen LogP) is -0.777. The summed E-state index contributed by atoms with van der Waals surface area (Å²) in [6, 6.07) is 0. The molecule has 0 bridgehead atoms. The van der Waals surface area contributed by atoms with E-state index in [9.17, 15) is 4.79 Å². The molecule has 0 fully saturated rings. The molecule has 0 aliphatic carbocycles. The lowest BCUT2D eigenvalue weighted by Gasteiger charge is -2.20. The Kier molecular flexibility index (Phi) is 6.96. The minimum absolute atomic E-state index is 0.0370. The van der Waals surface area contributed by atoms with Crippen molar-refractivity contribution in [3.63, 3.8) is 0 Å². The van der Waals surface area contributed by atoms with Crippen LogP contribution in [0.25, 0.3) is 0 Å². The molecule has 0 aromatic heterocycles. The molecule has 6 nitrogen and oxygen atoms in total. The zero-order valence-corrected chi connectivity index (χ0v) is 8.78. The Morgan fingerprint density at radius 3 is 2.00 bits per heavy atom. The van der Waals surface area contributed by atoms with Crippen LogP contribution in [0.1, 0.15) is 12.8 Å². The van der Waals surface area contributed by atoms with Gasteiger partial charge in [-0.1, -0.05) is 0 Å². The number of hydrogen-bond acceptors (Lipinski definition) is 5. The highest BCUT2D eigenvalue weighted by atomic mass is 31.2. The number of carboxylic acids is 1. The van der Waals surface area contributed by atoms with Crippen LogP contribution in [0.5, 0.6) is 0 Å². The molecule has 5 N–H and O–H groups in total. The number of carboxylic acid groups (broad SMARTS) is 1. The van der Waals surface area contributed by atoms with Gasteiger partial charge in [0, 0.05) is 13.0 Å². The van der Waals surface area contributed by atoms with E-state index in [1.807, 2.05) is 0 Å². The second-order valence-corrected chi connectivity index (χ2v) is 6.43. The molecule has 0 aromatic rings. The number of aliphatic hydroxyl groups excluding tert-OH is 3. The van der Waals surface area contributed by atoms with Crippen LogP contribution in [0, 0.1) is 0 Å². The molecule has 0 atom stereocenters. The summed E-state index contributed by atoms with van der Waals surface area (Å²) in [4.78, 5) is 10.2. The molecule has 0 amide bonds. The Balaban J connectivity index is 3.77. The van der Waals surface area contributed by atoms with E-state index in [2.05, 4.69) is 5.09 Å². The average molecular weight is 226 g/mol. The van der Waals surface area contributed by atoms with Crippen LogP contribution in [-0.4, -0.2) is 52.0 Å². The molecule has 0 rings (SSSR count). The Morgan fingerprint density at radius 1 is 1.14 bits per heavy atom. The lowest BCUT2D eigenvalue weighted by atomic mass is 10.3. The van der Waals surface area contributed by atoms with Gasteiger partial charge in [0.2, 0.25) is 0 Å². The normalized spacial score (nSPS) is 11.6. The number of hydrogen-bond donors (Lipinski definition) is 5. The summed E-state index contributed by atoms with van der Waals surface area (Å²) in [6.07, 6.45) is -0.403. The third-order valence-corrected chi connectivity index (χ3v) is 4.35. The first kappa shape index (κ1) is 13.7. The minimum atomic E-state index is -2.28. The van der Waals surface area contributed by atoms with Gasteiger partial charge in [-0.2, -0.15) is 5.09 Å². The van der Waals surface area contributed by atoms with Crippen molar-refractivity contribution in [1.82, 2.24) is 5.09 Å². The van der Waals surface area contributed by atoms with Crippen molar-refractivity contribution in [2.45, 2.75) is 12.8 Å². The van der Waals surface area contributed by atoms with Gasteiger partial charge in [-0.15, -0.1) is 0 Å². The minimum Gasteiger partial charge on any atom is -0.481 e. The fourth-order valence-corrected chi connectivity index (χ4v) is 2.04. The molecule has 0 spiro atoms. The van der Waals surface area contributed by atoms with Crippen molar-refractivity contribution in [3.8, 4) is 0 Å². The summed E-state index contributed by atoms with van der Waals surface area (Å²) >= 11 is 0. The second-order valence-electron chi connectivity index (χ2n) is 2.97. The molecule has 0 saturated carbocycles. The van der Waals surface area contributed by atoms with Crippen molar-refractivity contribution in [3.05, 3.63) is 0 Å². The summed E-state index contributed by atoms with van der Waals surface area (Å²) in [7, 11) is -2.28. The molecule has 0 heterocycles. The van der Waals surface area contributed by atoms with Crippen LogP contribution in [0.15, 0.2) is 0 Å². The first-order valence-electron chi connectivity index (χ1n) is 4.26. The molecule has 84 valence electrons. The zero-order valence-electron chi connectivity index (χ0n) is 7.89. The Morgan fingerprint density at radius 2 is 1.64 bits per heavy atom. The monoisotopic (exact) mass is 226 g/mol. The van der Waals surface area contributed by atoms with E-state index in [0.29, 0.717) is 13.0 Å². The first-order valence-corrected chi connectivity index (χ1v) is 6.60. The topological polar surface area (TPSA) is 110 Å². The molecule has 0 radical (unpaired) electrons. The summed E-state index contributed by atoms with van der Waals surface area (Å²) in [5.41, 5.74) is 0. The molecule has 7 heteroatoms. The van der Waals surface area contributed by atoms with Crippen LogP contribution >= 0.6 is 7.41 Å². The molecule has 14 heavy (non-hydrogen) atoms. The fraction of sp³-hybridized carbons (Fsp3) is 0.857. The molecule has 0 aliphatic rings. The van der Waals surface area contributed by atoms with Gasteiger partial charge in [-0.3, -0.25) is 4.79 Å². The summed E-state index contributed by atoms with van der Waals surface area (Å²) in [6.45, 7) is 0.377. The number of nitrogens with one attached hydrogen (secondary N) is 1. The second kappa shape index (κ2) is 7.09. The quantitative estimate of drug-likeness (QED) is 0.274. The fourth-order valence-electron chi connectivity index (χ4n) is 0.840. The zero-order chi connectivity index (χ0) is 11.0. The van der Waals surface area contributed by atoms with Crippen LogP contribution in [0.2, 0.25) is 0 Å². The Bertz CT molecular complexity index is 165. The standard InChI is InChI=1S/C7H16NO5P/c9-4-14(5-10,6-11)8-3-1-2-7(12)13/h8-11H,1-6H2/p+1. The maximum absolute atomic E-state index is 10.2. The largest absolute Gasteiger partial charge is 0.481 e. The van der Waals surface area contributed by atoms with E-state index in [1.54, 1.807) is 0 Å². The smallest absolute Gasteiger partial charge is 0.303 e.